The number of anilines is 1. The number of hydrogen-bond acceptors (Lipinski definition) is 4. The van der Waals surface area contributed by atoms with Crippen LogP contribution in [0.25, 0.3) is 10.8 Å². The molecule has 3 aromatic carbocycles. The van der Waals surface area contributed by atoms with Gasteiger partial charge in [0.1, 0.15) is 0 Å². The van der Waals surface area contributed by atoms with Gasteiger partial charge in [-0.05, 0) is 66.4 Å². The van der Waals surface area contributed by atoms with E-state index in [1.54, 1.807) is 12.1 Å². The molecule has 1 atom stereocenters. The molecule has 1 saturated heterocycles. The molecule has 0 saturated carbocycles. The number of benzene rings is 3. The van der Waals surface area contributed by atoms with Crippen molar-refractivity contribution in [3.8, 4) is 0 Å². The highest BCUT2D eigenvalue weighted by Gasteiger charge is 2.27. The molecule has 5 rings (SSSR count). The minimum absolute atomic E-state index is 0.0856. The zero-order valence-corrected chi connectivity index (χ0v) is 18.7. The molecule has 6 heteroatoms. The fourth-order valence-corrected chi connectivity index (χ4v) is 6.14. The average molecular weight is 436 g/mol. The van der Waals surface area contributed by atoms with Crippen molar-refractivity contribution >= 4 is 26.5 Å². The van der Waals surface area contributed by atoms with E-state index in [-0.39, 0.29) is 6.04 Å². The molecule has 0 aromatic heterocycles. The van der Waals surface area contributed by atoms with Crippen molar-refractivity contribution in [1.82, 2.24) is 9.62 Å². The van der Waals surface area contributed by atoms with E-state index >= 15 is 0 Å². The Kier molecular flexibility index (Phi) is 5.46. The van der Waals surface area contributed by atoms with E-state index in [0.717, 1.165) is 56.2 Å². The first-order chi connectivity index (χ1) is 15.0. The van der Waals surface area contributed by atoms with Gasteiger partial charge in [0.2, 0.25) is 10.0 Å². The number of piperazine rings is 1. The topological polar surface area (TPSA) is 52.6 Å². The van der Waals surface area contributed by atoms with Crippen LogP contribution in [0.1, 0.15) is 17.5 Å². The smallest absolute Gasteiger partial charge is 0.240 e. The lowest BCUT2D eigenvalue weighted by Crippen LogP contribution is -2.45. The molecule has 162 valence electrons. The summed E-state index contributed by atoms with van der Waals surface area (Å²) in [6.45, 7) is 4.14. The van der Waals surface area contributed by atoms with Crippen LogP contribution in [0.2, 0.25) is 0 Å². The lowest BCUT2D eigenvalue weighted by Gasteiger charge is -2.37. The quantitative estimate of drug-likeness (QED) is 0.682. The molecule has 0 radical (unpaired) electrons. The number of aryl methyl sites for hydroxylation is 1. The summed E-state index contributed by atoms with van der Waals surface area (Å²) in [5, 5.41) is 1.99. The van der Waals surface area contributed by atoms with Crippen LogP contribution in [0.3, 0.4) is 0 Å². The molecule has 1 heterocycles. The fourth-order valence-electron chi connectivity index (χ4n) is 4.84. The minimum atomic E-state index is -3.57. The third-order valence-electron chi connectivity index (χ3n) is 6.66. The van der Waals surface area contributed by atoms with Crippen LogP contribution in [0, 0.1) is 0 Å². The van der Waals surface area contributed by atoms with E-state index in [1.165, 1.54) is 16.8 Å². The van der Waals surface area contributed by atoms with E-state index in [0.29, 0.717) is 4.90 Å². The van der Waals surface area contributed by atoms with Gasteiger partial charge in [-0.25, -0.2) is 13.1 Å². The van der Waals surface area contributed by atoms with Crippen LogP contribution < -0.4 is 9.62 Å². The van der Waals surface area contributed by atoms with Gasteiger partial charge in [-0.2, -0.15) is 0 Å². The molecule has 31 heavy (non-hydrogen) atoms. The van der Waals surface area contributed by atoms with Crippen molar-refractivity contribution in [2.24, 2.45) is 0 Å². The lowest BCUT2D eigenvalue weighted by atomic mass is 9.87. The van der Waals surface area contributed by atoms with Crippen molar-refractivity contribution in [2.45, 2.75) is 30.2 Å². The first-order valence-electron chi connectivity index (χ1n) is 11.0. The highest BCUT2D eigenvalue weighted by molar-refractivity contribution is 7.89. The Morgan fingerprint density at radius 2 is 1.68 bits per heavy atom. The summed E-state index contributed by atoms with van der Waals surface area (Å²) in [6, 6.07) is 19.7. The van der Waals surface area contributed by atoms with Gasteiger partial charge in [0.25, 0.3) is 0 Å². The molecule has 0 amide bonds. The molecule has 0 bridgehead atoms. The van der Waals surface area contributed by atoms with Gasteiger partial charge >= 0.3 is 0 Å². The van der Waals surface area contributed by atoms with E-state index in [9.17, 15) is 8.42 Å². The monoisotopic (exact) mass is 435 g/mol. The van der Waals surface area contributed by atoms with Crippen molar-refractivity contribution in [2.75, 3.05) is 38.1 Å². The normalized spacial score (nSPS) is 20.0. The van der Waals surface area contributed by atoms with Gasteiger partial charge in [-0.15, -0.1) is 0 Å². The van der Waals surface area contributed by atoms with Gasteiger partial charge in [0.15, 0.2) is 0 Å². The van der Waals surface area contributed by atoms with Crippen LogP contribution in [0.15, 0.2) is 65.6 Å². The Labute approximate surface area is 184 Å². The number of nitrogens with one attached hydrogen (secondary N) is 1. The van der Waals surface area contributed by atoms with Crippen LogP contribution in [-0.2, 0) is 22.9 Å². The van der Waals surface area contributed by atoms with Crippen molar-refractivity contribution in [1.29, 1.82) is 0 Å². The van der Waals surface area contributed by atoms with Crippen molar-refractivity contribution in [3.63, 3.8) is 0 Å². The number of likely N-dealkylation sites (N-methyl/N-ethyl adjacent to an activating group) is 1. The summed E-state index contributed by atoms with van der Waals surface area (Å²) in [6.07, 6.45) is 2.47. The standard InChI is InChI=1S/C25H29N3O2S/c1-27-13-15-28(16-14-27)25-8-4-7-20-9-11-22(18-24(20)25)26-31(29,30)23-12-10-19-5-2-3-6-21(19)17-23/h2-8,10,12,17,22,26H,9,11,13-16,18H2,1H3/t22-/m1/s1. The molecule has 3 aromatic rings. The molecule has 0 spiro atoms. The molecule has 1 fully saturated rings. The maximum absolute atomic E-state index is 13.2. The van der Waals surface area contributed by atoms with Crippen LogP contribution >= 0.6 is 0 Å². The molecule has 0 unspecified atom stereocenters. The van der Waals surface area contributed by atoms with E-state index in [1.807, 2.05) is 30.3 Å². The summed E-state index contributed by atoms with van der Waals surface area (Å²) in [4.78, 5) is 5.15. The van der Waals surface area contributed by atoms with Gasteiger partial charge in [0, 0.05) is 37.9 Å². The Bertz CT molecular complexity index is 1200. The van der Waals surface area contributed by atoms with E-state index in [2.05, 4.69) is 39.8 Å². The summed E-state index contributed by atoms with van der Waals surface area (Å²) >= 11 is 0. The lowest BCUT2D eigenvalue weighted by molar-refractivity contribution is 0.312. The second-order valence-corrected chi connectivity index (χ2v) is 10.5. The molecule has 2 aliphatic rings. The number of nitrogens with zero attached hydrogens (tertiary/aromatic N) is 2. The summed E-state index contributed by atoms with van der Waals surface area (Å²) in [7, 11) is -1.41. The number of fused-ring (bicyclic) bond motifs is 2. The fraction of sp³-hybridized carbons (Fsp3) is 0.360. The Hall–Kier alpha value is -2.41. The zero-order chi connectivity index (χ0) is 21.4. The first kappa shape index (κ1) is 20.5. The van der Waals surface area contributed by atoms with E-state index in [4.69, 9.17) is 0 Å². The highest BCUT2D eigenvalue weighted by atomic mass is 32.2. The van der Waals surface area contributed by atoms with Crippen LogP contribution in [-0.4, -0.2) is 52.6 Å². The summed E-state index contributed by atoms with van der Waals surface area (Å²) in [5.41, 5.74) is 3.95. The Balaban J connectivity index is 1.37. The number of rotatable bonds is 4. The van der Waals surface area contributed by atoms with E-state index < -0.39 is 10.0 Å². The maximum Gasteiger partial charge on any atom is 0.240 e. The SMILES string of the molecule is CN1CCN(c2cccc3c2C[C@H](NS(=O)(=O)c2ccc4ccccc4c2)CC3)CC1. The van der Waals surface area contributed by atoms with Gasteiger partial charge < -0.3 is 9.80 Å². The molecule has 1 aliphatic heterocycles. The van der Waals surface area contributed by atoms with Crippen LogP contribution in [0.4, 0.5) is 5.69 Å². The second-order valence-electron chi connectivity index (χ2n) is 8.78. The molecule has 1 N–H and O–H groups in total. The Morgan fingerprint density at radius 3 is 2.48 bits per heavy atom. The average Bonchev–Trinajstić information content (AvgIpc) is 2.79. The molecule has 1 aliphatic carbocycles. The summed E-state index contributed by atoms with van der Waals surface area (Å²) < 4.78 is 29.3. The predicted octanol–water partition coefficient (Wildman–Crippen LogP) is 3.43. The predicted molar refractivity (Wildman–Crippen MR) is 126 cm³/mol. The Morgan fingerprint density at radius 1 is 0.903 bits per heavy atom. The highest BCUT2D eigenvalue weighted by Crippen LogP contribution is 2.32. The van der Waals surface area contributed by atoms with Crippen LogP contribution in [0.5, 0.6) is 0 Å². The minimum Gasteiger partial charge on any atom is -0.369 e. The molecule has 5 nitrogen and oxygen atoms in total. The second kappa shape index (κ2) is 8.26. The maximum atomic E-state index is 13.2. The van der Waals surface area contributed by atoms with Crippen molar-refractivity contribution in [3.05, 3.63) is 71.8 Å². The number of hydrogen-bond donors (Lipinski definition) is 1. The van der Waals surface area contributed by atoms with Gasteiger partial charge in [0.05, 0.1) is 4.90 Å². The van der Waals surface area contributed by atoms with Gasteiger partial charge in [-0.3, -0.25) is 0 Å². The van der Waals surface area contributed by atoms with Gasteiger partial charge in [-0.1, -0.05) is 42.5 Å². The number of sulfonamides is 1. The summed E-state index contributed by atoms with van der Waals surface area (Å²) in [5.74, 6) is 0. The third kappa shape index (κ3) is 4.20. The zero-order valence-electron chi connectivity index (χ0n) is 17.9. The third-order valence-corrected chi connectivity index (χ3v) is 8.18. The molecular weight excluding hydrogens is 406 g/mol. The first-order valence-corrected chi connectivity index (χ1v) is 12.5. The van der Waals surface area contributed by atoms with Crippen molar-refractivity contribution < 1.29 is 8.42 Å². The molecular formula is C25H29N3O2S. The largest absolute Gasteiger partial charge is 0.369 e.